The van der Waals surface area contributed by atoms with Crippen LogP contribution in [0.5, 0.6) is 5.88 Å². The molecule has 0 aromatic carbocycles. The minimum absolute atomic E-state index is 0.614. The standard InChI is InChI=1S/C13H20N4OS/c1-16(2)8-4-5-9-17-12-10(14-13(17)19)6-7-11(15-12)18-3/h6-7H,4-5,8-9H2,1-3H3,(H,14,19). The molecule has 2 aromatic rings. The minimum atomic E-state index is 0.614. The van der Waals surface area contributed by atoms with Crippen LogP contribution in [0.1, 0.15) is 12.8 Å². The summed E-state index contributed by atoms with van der Waals surface area (Å²) >= 11 is 5.35. The van der Waals surface area contributed by atoms with Gasteiger partial charge in [0.2, 0.25) is 5.88 Å². The van der Waals surface area contributed by atoms with Crippen molar-refractivity contribution in [2.24, 2.45) is 0 Å². The first kappa shape index (κ1) is 14.0. The van der Waals surface area contributed by atoms with Crippen molar-refractivity contribution in [3.63, 3.8) is 0 Å². The average molecular weight is 280 g/mol. The van der Waals surface area contributed by atoms with Crippen LogP contribution < -0.4 is 4.74 Å². The van der Waals surface area contributed by atoms with Crippen LogP contribution in [0.4, 0.5) is 0 Å². The summed E-state index contributed by atoms with van der Waals surface area (Å²) in [5, 5.41) is 0. The summed E-state index contributed by atoms with van der Waals surface area (Å²) in [5.41, 5.74) is 1.83. The van der Waals surface area contributed by atoms with E-state index in [1.54, 1.807) is 7.11 Å². The lowest BCUT2D eigenvalue weighted by molar-refractivity contribution is 0.387. The number of aryl methyl sites for hydroxylation is 1. The Morgan fingerprint density at radius 3 is 2.84 bits per heavy atom. The zero-order chi connectivity index (χ0) is 13.8. The SMILES string of the molecule is COc1ccc2[nH]c(=S)n(CCCCN(C)C)c2n1. The predicted octanol–water partition coefficient (Wildman–Crippen LogP) is 2.44. The van der Waals surface area contributed by atoms with E-state index in [0.717, 1.165) is 41.9 Å². The second-order valence-electron chi connectivity index (χ2n) is 4.82. The predicted molar refractivity (Wildman–Crippen MR) is 79.3 cm³/mol. The monoisotopic (exact) mass is 280 g/mol. The molecule has 1 N–H and O–H groups in total. The molecule has 0 saturated carbocycles. The van der Waals surface area contributed by atoms with E-state index in [4.69, 9.17) is 17.0 Å². The second kappa shape index (κ2) is 6.16. The molecule has 0 unspecified atom stereocenters. The van der Waals surface area contributed by atoms with Crippen LogP contribution in [0.2, 0.25) is 0 Å². The van der Waals surface area contributed by atoms with E-state index in [9.17, 15) is 0 Å². The summed E-state index contributed by atoms with van der Waals surface area (Å²) in [6, 6.07) is 3.79. The van der Waals surface area contributed by atoms with E-state index in [1.165, 1.54) is 0 Å². The average Bonchev–Trinajstić information content (AvgIpc) is 2.69. The number of methoxy groups -OCH3 is 1. The number of aromatic nitrogens is 3. The first-order chi connectivity index (χ1) is 9.11. The molecule has 0 fully saturated rings. The number of imidazole rings is 1. The summed E-state index contributed by atoms with van der Waals surface area (Å²) in [7, 11) is 5.80. The van der Waals surface area contributed by atoms with E-state index >= 15 is 0 Å². The lowest BCUT2D eigenvalue weighted by Gasteiger charge is -2.09. The van der Waals surface area contributed by atoms with Crippen molar-refractivity contribution in [2.75, 3.05) is 27.7 Å². The molecule has 2 rings (SSSR count). The number of aromatic amines is 1. The molecule has 0 radical (unpaired) electrons. The number of rotatable bonds is 6. The van der Waals surface area contributed by atoms with Gasteiger partial charge in [0.1, 0.15) is 0 Å². The number of unbranched alkanes of at least 4 members (excludes halogenated alkanes) is 1. The van der Waals surface area contributed by atoms with Crippen LogP contribution in [0.15, 0.2) is 12.1 Å². The molecule has 0 amide bonds. The van der Waals surface area contributed by atoms with Crippen LogP contribution in [-0.4, -0.2) is 47.2 Å². The highest BCUT2D eigenvalue weighted by molar-refractivity contribution is 7.71. The topological polar surface area (TPSA) is 46.1 Å². The highest BCUT2D eigenvalue weighted by atomic mass is 32.1. The van der Waals surface area contributed by atoms with Gasteiger partial charge in [0.25, 0.3) is 0 Å². The molecule has 19 heavy (non-hydrogen) atoms. The Bertz CT molecular complexity index is 602. The van der Waals surface area contributed by atoms with Gasteiger partial charge >= 0.3 is 0 Å². The molecule has 104 valence electrons. The Balaban J connectivity index is 2.17. The molecule has 0 aliphatic heterocycles. The Kier molecular flexibility index (Phi) is 4.55. The van der Waals surface area contributed by atoms with Crippen LogP contribution in [0.3, 0.4) is 0 Å². The Morgan fingerprint density at radius 1 is 1.37 bits per heavy atom. The Morgan fingerprint density at radius 2 is 2.16 bits per heavy atom. The third-order valence-corrected chi connectivity index (χ3v) is 3.36. The fourth-order valence-electron chi connectivity index (χ4n) is 2.03. The van der Waals surface area contributed by atoms with E-state index in [-0.39, 0.29) is 0 Å². The number of pyridine rings is 1. The maximum Gasteiger partial charge on any atom is 0.215 e. The van der Waals surface area contributed by atoms with Crippen LogP contribution >= 0.6 is 12.2 Å². The number of hydrogen-bond donors (Lipinski definition) is 1. The summed E-state index contributed by atoms with van der Waals surface area (Å²) in [6.07, 6.45) is 2.23. The number of nitrogens with zero attached hydrogens (tertiary/aromatic N) is 3. The van der Waals surface area contributed by atoms with E-state index < -0.39 is 0 Å². The molecular formula is C13H20N4OS. The molecule has 0 atom stereocenters. The number of fused-ring (bicyclic) bond motifs is 1. The van der Waals surface area contributed by atoms with Gasteiger partial charge in [0, 0.05) is 12.6 Å². The van der Waals surface area contributed by atoms with Crippen molar-refractivity contribution < 1.29 is 4.74 Å². The summed E-state index contributed by atoms with van der Waals surface area (Å²) in [5.74, 6) is 0.614. The van der Waals surface area contributed by atoms with E-state index in [2.05, 4.69) is 29.0 Å². The van der Waals surface area contributed by atoms with Crippen LogP contribution in [-0.2, 0) is 6.54 Å². The fraction of sp³-hybridized carbons (Fsp3) is 0.538. The molecule has 0 saturated heterocycles. The normalized spacial score (nSPS) is 11.4. The van der Waals surface area contributed by atoms with Crippen molar-refractivity contribution >= 4 is 23.4 Å². The van der Waals surface area contributed by atoms with E-state index in [0.29, 0.717) is 5.88 Å². The molecule has 6 heteroatoms. The second-order valence-corrected chi connectivity index (χ2v) is 5.20. The van der Waals surface area contributed by atoms with Gasteiger partial charge in [0.15, 0.2) is 10.4 Å². The minimum Gasteiger partial charge on any atom is -0.481 e. The van der Waals surface area contributed by atoms with Crippen molar-refractivity contribution in [3.8, 4) is 5.88 Å². The zero-order valence-corrected chi connectivity index (χ0v) is 12.5. The molecule has 0 aliphatic carbocycles. The van der Waals surface area contributed by atoms with Crippen molar-refractivity contribution in [1.29, 1.82) is 0 Å². The largest absolute Gasteiger partial charge is 0.481 e. The third-order valence-electron chi connectivity index (χ3n) is 3.04. The third kappa shape index (κ3) is 3.33. The molecule has 2 heterocycles. The Labute approximate surface area is 118 Å². The molecule has 0 spiro atoms. The summed E-state index contributed by atoms with van der Waals surface area (Å²) in [4.78, 5) is 9.83. The Hall–Kier alpha value is -1.40. The highest BCUT2D eigenvalue weighted by Gasteiger charge is 2.07. The van der Waals surface area contributed by atoms with Gasteiger partial charge in [-0.3, -0.25) is 0 Å². The quantitative estimate of drug-likeness (QED) is 0.652. The first-order valence-electron chi connectivity index (χ1n) is 6.40. The number of ether oxygens (including phenoxy) is 1. The van der Waals surface area contributed by atoms with Gasteiger partial charge in [-0.2, -0.15) is 4.98 Å². The lowest BCUT2D eigenvalue weighted by atomic mass is 10.3. The molecule has 0 aliphatic rings. The van der Waals surface area contributed by atoms with Gasteiger partial charge in [0.05, 0.1) is 12.6 Å². The van der Waals surface area contributed by atoms with Gasteiger partial charge in [-0.05, 0) is 51.8 Å². The lowest BCUT2D eigenvalue weighted by Crippen LogP contribution is -2.13. The first-order valence-corrected chi connectivity index (χ1v) is 6.81. The fourth-order valence-corrected chi connectivity index (χ4v) is 2.32. The molecular weight excluding hydrogens is 260 g/mol. The van der Waals surface area contributed by atoms with Gasteiger partial charge < -0.3 is 19.2 Å². The molecule has 0 bridgehead atoms. The van der Waals surface area contributed by atoms with Gasteiger partial charge in [-0.25, -0.2) is 0 Å². The van der Waals surface area contributed by atoms with Crippen LogP contribution in [0.25, 0.3) is 11.2 Å². The van der Waals surface area contributed by atoms with Crippen molar-refractivity contribution in [2.45, 2.75) is 19.4 Å². The smallest absolute Gasteiger partial charge is 0.215 e. The number of nitrogens with one attached hydrogen (secondary N) is 1. The number of hydrogen-bond acceptors (Lipinski definition) is 4. The highest BCUT2D eigenvalue weighted by Crippen LogP contribution is 2.16. The maximum atomic E-state index is 5.35. The molecule has 2 aromatic heterocycles. The van der Waals surface area contributed by atoms with Crippen molar-refractivity contribution in [1.82, 2.24) is 19.4 Å². The maximum absolute atomic E-state index is 5.35. The summed E-state index contributed by atoms with van der Waals surface area (Å²) < 4.78 is 7.93. The van der Waals surface area contributed by atoms with Crippen LogP contribution in [0, 0.1) is 4.77 Å². The number of H-pyrrole nitrogens is 1. The zero-order valence-electron chi connectivity index (χ0n) is 11.6. The van der Waals surface area contributed by atoms with Crippen molar-refractivity contribution in [3.05, 3.63) is 16.9 Å². The molecule has 5 nitrogen and oxygen atoms in total. The van der Waals surface area contributed by atoms with E-state index in [1.807, 2.05) is 16.7 Å². The van der Waals surface area contributed by atoms with Gasteiger partial charge in [-0.15, -0.1) is 0 Å². The van der Waals surface area contributed by atoms with Gasteiger partial charge in [-0.1, -0.05) is 0 Å². The summed E-state index contributed by atoms with van der Waals surface area (Å²) in [6.45, 7) is 1.97.